The van der Waals surface area contributed by atoms with Crippen LogP contribution in [-0.2, 0) is 24.4 Å². The molecule has 2 rings (SSSR count). The molecule has 124 valence electrons. The lowest BCUT2D eigenvalue weighted by Gasteiger charge is -2.30. The summed E-state index contributed by atoms with van der Waals surface area (Å²) in [4.78, 5) is 4.31. The Morgan fingerprint density at radius 2 is 2.32 bits per heavy atom. The zero-order valence-electron chi connectivity index (χ0n) is 13.8. The van der Waals surface area contributed by atoms with E-state index in [1.807, 2.05) is 26.2 Å². The van der Waals surface area contributed by atoms with Crippen molar-refractivity contribution in [3.63, 3.8) is 0 Å². The maximum Gasteiger partial charge on any atom is 0.191 e. The summed E-state index contributed by atoms with van der Waals surface area (Å²) in [7, 11) is 3.15. The van der Waals surface area contributed by atoms with Crippen molar-refractivity contribution < 1.29 is 4.21 Å². The third-order valence-electron chi connectivity index (χ3n) is 4.34. The Morgan fingerprint density at radius 1 is 1.50 bits per heavy atom. The SMILES string of the molecule is CCS(=O)C1CCCC(NC(=NC)NCc2cccn2C)C1. The van der Waals surface area contributed by atoms with E-state index in [4.69, 9.17) is 0 Å². The summed E-state index contributed by atoms with van der Waals surface area (Å²) in [6.45, 7) is 2.76. The number of rotatable bonds is 5. The molecule has 0 amide bonds. The van der Waals surface area contributed by atoms with Crippen LogP contribution in [0.1, 0.15) is 38.3 Å². The Hall–Kier alpha value is -1.30. The zero-order chi connectivity index (χ0) is 15.9. The highest BCUT2D eigenvalue weighted by molar-refractivity contribution is 7.85. The van der Waals surface area contributed by atoms with E-state index in [0.29, 0.717) is 11.3 Å². The van der Waals surface area contributed by atoms with Gasteiger partial charge in [-0.05, 0) is 31.4 Å². The molecule has 1 aromatic heterocycles. The van der Waals surface area contributed by atoms with Crippen molar-refractivity contribution in [1.82, 2.24) is 15.2 Å². The van der Waals surface area contributed by atoms with Crippen molar-refractivity contribution in [1.29, 1.82) is 0 Å². The van der Waals surface area contributed by atoms with E-state index in [1.165, 1.54) is 5.69 Å². The normalized spacial score (nSPS) is 24.0. The summed E-state index contributed by atoms with van der Waals surface area (Å²) in [5.41, 5.74) is 1.22. The summed E-state index contributed by atoms with van der Waals surface area (Å²) in [6.07, 6.45) is 6.38. The first-order valence-corrected chi connectivity index (χ1v) is 9.46. The van der Waals surface area contributed by atoms with Gasteiger partial charge in [-0.25, -0.2) is 0 Å². The molecule has 1 aromatic rings. The van der Waals surface area contributed by atoms with E-state index in [0.717, 1.165) is 43.9 Å². The Bertz CT molecular complexity index is 526. The predicted octanol–water partition coefficient (Wildman–Crippen LogP) is 1.77. The van der Waals surface area contributed by atoms with Crippen molar-refractivity contribution in [3.05, 3.63) is 24.0 Å². The van der Waals surface area contributed by atoms with Gasteiger partial charge in [-0.2, -0.15) is 0 Å². The van der Waals surface area contributed by atoms with Crippen LogP contribution in [0.5, 0.6) is 0 Å². The van der Waals surface area contributed by atoms with Crippen LogP contribution in [-0.4, -0.2) is 38.8 Å². The summed E-state index contributed by atoms with van der Waals surface area (Å²) in [5.74, 6) is 1.59. The molecule has 0 aromatic carbocycles. The Morgan fingerprint density at radius 3 is 2.95 bits per heavy atom. The fraction of sp³-hybridized carbons (Fsp3) is 0.688. The standard InChI is InChI=1S/C16H28N4OS/c1-4-22(21)15-9-5-7-13(11-15)19-16(17-2)18-12-14-8-6-10-20(14)3/h6,8,10,13,15H,4-5,7,9,11-12H2,1-3H3,(H2,17,18,19). The Kier molecular flexibility index (Phi) is 6.49. The fourth-order valence-corrected chi connectivity index (χ4v) is 4.34. The number of aryl methyl sites for hydroxylation is 1. The van der Waals surface area contributed by atoms with Gasteiger partial charge >= 0.3 is 0 Å². The van der Waals surface area contributed by atoms with Crippen LogP contribution >= 0.6 is 0 Å². The van der Waals surface area contributed by atoms with Crippen molar-refractivity contribution in [2.45, 2.75) is 50.4 Å². The average Bonchev–Trinajstić information content (AvgIpc) is 2.96. The summed E-state index contributed by atoms with van der Waals surface area (Å²) in [5, 5.41) is 7.19. The maximum atomic E-state index is 12.0. The second-order valence-corrected chi connectivity index (χ2v) is 7.84. The summed E-state index contributed by atoms with van der Waals surface area (Å²) in [6, 6.07) is 4.51. The van der Waals surface area contributed by atoms with E-state index in [-0.39, 0.29) is 0 Å². The van der Waals surface area contributed by atoms with E-state index in [2.05, 4.69) is 26.3 Å². The van der Waals surface area contributed by atoms with Crippen molar-refractivity contribution in [2.75, 3.05) is 12.8 Å². The van der Waals surface area contributed by atoms with Gasteiger partial charge in [0.1, 0.15) is 0 Å². The Balaban J connectivity index is 1.85. The lowest BCUT2D eigenvalue weighted by atomic mass is 9.95. The monoisotopic (exact) mass is 324 g/mol. The topological polar surface area (TPSA) is 58.4 Å². The van der Waals surface area contributed by atoms with Gasteiger partial charge in [0, 0.05) is 53.8 Å². The van der Waals surface area contributed by atoms with Crippen molar-refractivity contribution in [3.8, 4) is 0 Å². The highest BCUT2D eigenvalue weighted by Gasteiger charge is 2.25. The van der Waals surface area contributed by atoms with Gasteiger partial charge in [0.25, 0.3) is 0 Å². The lowest BCUT2D eigenvalue weighted by Crippen LogP contribution is -2.46. The smallest absolute Gasteiger partial charge is 0.191 e. The largest absolute Gasteiger partial charge is 0.354 e. The van der Waals surface area contributed by atoms with Crippen molar-refractivity contribution in [2.24, 2.45) is 12.0 Å². The van der Waals surface area contributed by atoms with Crippen LogP contribution in [0.25, 0.3) is 0 Å². The van der Waals surface area contributed by atoms with E-state index < -0.39 is 10.8 Å². The molecule has 1 saturated carbocycles. The number of guanidine groups is 1. The second-order valence-electron chi connectivity index (χ2n) is 5.84. The molecule has 3 unspecified atom stereocenters. The summed E-state index contributed by atoms with van der Waals surface area (Å²) < 4.78 is 14.1. The molecule has 5 nitrogen and oxygen atoms in total. The van der Waals surface area contributed by atoms with Crippen LogP contribution in [0.15, 0.2) is 23.3 Å². The number of aromatic nitrogens is 1. The maximum absolute atomic E-state index is 12.0. The first kappa shape index (κ1) is 17.1. The number of nitrogens with zero attached hydrogens (tertiary/aromatic N) is 2. The molecule has 1 heterocycles. The molecule has 1 aliphatic rings. The molecule has 6 heteroatoms. The first-order chi connectivity index (χ1) is 10.6. The van der Waals surface area contributed by atoms with Gasteiger partial charge in [0.15, 0.2) is 5.96 Å². The highest BCUT2D eigenvalue weighted by atomic mass is 32.2. The minimum atomic E-state index is -0.686. The van der Waals surface area contributed by atoms with E-state index in [1.54, 1.807) is 7.05 Å². The third-order valence-corrected chi connectivity index (χ3v) is 6.08. The van der Waals surface area contributed by atoms with Gasteiger partial charge in [-0.1, -0.05) is 13.3 Å². The molecule has 2 N–H and O–H groups in total. The van der Waals surface area contributed by atoms with E-state index in [9.17, 15) is 4.21 Å². The van der Waals surface area contributed by atoms with Crippen LogP contribution in [0, 0.1) is 0 Å². The van der Waals surface area contributed by atoms with Crippen molar-refractivity contribution >= 4 is 16.8 Å². The van der Waals surface area contributed by atoms with Crippen LogP contribution in [0.2, 0.25) is 0 Å². The molecule has 0 radical (unpaired) electrons. The molecule has 0 bridgehead atoms. The van der Waals surface area contributed by atoms with Crippen LogP contribution in [0.4, 0.5) is 0 Å². The van der Waals surface area contributed by atoms with Gasteiger partial charge in [0.05, 0.1) is 6.54 Å². The molecule has 3 atom stereocenters. The van der Waals surface area contributed by atoms with Gasteiger partial charge in [-0.3, -0.25) is 9.20 Å². The quantitative estimate of drug-likeness (QED) is 0.641. The fourth-order valence-electron chi connectivity index (χ4n) is 2.99. The minimum Gasteiger partial charge on any atom is -0.354 e. The second kappa shape index (κ2) is 8.36. The molecular formula is C16H28N4OS. The molecule has 0 saturated heterocycles. The van der Waals surface area contributed by atoms with Gasteiger partial charge in [0.2, 0.25) is 0 Å². The van der Waals surface area contributed by atoms with Crippen LogP contribution < -0.4 is 10.6 Å². The molecule has 0 aliphatic heterocycles. The predicted molar refractivity (Wildman–Crippen MR) is 93.5 cm³/mol. The molecule has 1 fully saturated rings. The third kappa shape index (κ3) is 4.60. The molecule has 0 spiro atoms. The first-order valence-electron chi connectivity index (χ1n) is 8.08. The highest BCUT2D eigenvalue weighted by Crippen LogP contribution is 2.22. The molecule has 1 aliphatic carbocycles. The number of hydrogen-bond acceptors (Lipinski definition) is 2. The van der Waals surface area contributed by atoms with Gasteiger partial charge < -0.3 is 15.2 Å². The Labute approximate surface area is 136 Å². The van der Waals surface area contributed by atoms with Gasteiger partial charge in [-0.15, -0.1) is 0 Å². The lowest BCUT2D eigenvalue weighted by molar-refractivity contribution is 0.413. The molecule has 22 heavy (non-hydrogen) atoms. The van der Waals surface area contributed by atoms with E-state index >= 15 is 0 Å². The number of hydrogen-bond donors (Lipinski definition) is 2. The molecular weight excluding hydrogens is 296 g/mol. The zero-order valence-corrected chi connectivity index (χ0v) is 14.7. The van der Waals surface area contributed by atoms with Crippen LogP contribution in [0.3, 0.4) is 0 Å². The summed E-state index contributed by atoms with van der Waals surface area (Å²) >= 11 is 0. The average molecular weight is 324 g/mol. The number of nitrogens with one attached hydrogen (secondary N) is 2. The minimum absolute atomic E-state index is 0.335. The number of aliphatic imine (C=N–C) groups is 1.